The van der Waals surface area contributed by atoms with Crippen molar-refractivity contribution < 1.29 is 19.7 Å². The Balaban J connectivity index is 1.68. The second-order valence-electron chi connectivity index (χ2n) is 10.6. The standard InChI is InChI=1S/C36H40O4/c37-22-24-39-34-18-16-30(26-32(34)28-12-6-4-7-13-28)36(20-10-2-1-3-11-21-36)31-17-19-35(40-25-23-38)33(27-31)29-14-8-5-9-15-29/h4-9,12-19,26-27,37-38H,1-3,10-11,20-25H2. The highest BCUT2D eigenvalue weighted by molar-refractivity contribution is 5.74. The second-order valence-corrected chi connectivity index (χ2v) is 10.6. The van der Waals surface area contributed by atoms with Crippen molar-refractivity contribution in [1.29, 1.82) is 0 Å². The van der Waals surface area contributed by atoms with Gasteiger partial charge < -0.3 is 19.7 Å². The molecule has 1 aliphatic carbocycles. The lowest BCUT2D eigenvalue weighted by atomic mass is 9.66. The maximum absolute atomic E-state index is 9.44. The topological polar surface area (TPSA) is 58.9 Å². The van der Waals surface area contributed by atoms with Crippen molar-refractivity contribution in [1.82, 2.24) is 0 Å². The van der Waals surface area contributed by atoms with E-state index >= 15 is 0 Å². The molecule has 0 aliphatic heterocycles. The average Bonchev–Trinajstić information content (AvgIpc) is 3.00. The highest BCUT2D eigenvalue weighted by atomic mass is 16.5. The molecule has 0 atom stereocenters. The molecule has 4 heteroatoms. The van der Waals surface area contributed by atoms with Crippen molar-refractivity contribution in [3.63, 3.8) is 0 Å². The summed E-state index contributed by atoms with van der Waals surface area (Å²) < 4.78 is 12.0. The molecule has 0 unspecified atom stereocenters. The van der Waals surface area contributed by atoms with E-state index in [0.29, 0.717) is 0 Å². The van der Waals surface area contributed by atoms with Gasteiger partial charge in [-0.2, -0.15) is 0 Å². The number of aliphatic hydroxyl groups excluding tert-OH is 2. The minimum atomic E-state index is -0.154. The Labute approximate surface area is 238 Å². The zero-order valence-corrected chi connectivity index (χ0v) is 23.2. The van der Waals surface area contributed by atoms with Crippen molar-refractivity contribution in [3.05, 3.63) is 108 Å². The van der Waals surface area contributed by atoms with Crippen LogP contribution in [0.4, 0.5) is 0 Å². The Kier molecular flexibility index (Phi) is 9.54. The van der Waals surface area contributed by atoms with E-state index in [1.165, 1.54) is 43.2 Å². The zero-order valence-electron chi connectivity index (χ0n) is 23.2. The smallest absolute Gasteiger partial charge is 0.127 e. The predicted molar refractivity (Wildman–Crippen MR) is 162 cm³/mol. The number of hydrogen-bond donors (Lipinski definition) is 2. The van der Waals surface area contributed by atoms with Gasteiger partial charge in [-0.05, 0) is 59.4 Å². The van der Waals surface area contributed by atoms with Gasteiger partial charge in [-0.3, -0.25) is 0 Å². The lowest BCUT2D eigenvalue weighted by Crippen LogP contribution is -2.29. The van der Waals surface area contributed by atoms with E-state index in [0.717, 1.165) is 46.6 Å². The first kappa shape index (κ1) is 27.9. The van der Waals surface area contributed by atoms with Crippen LogP contribution in [0, 0.1) is 0 Å². The van der Waals surface area contributed by atoms with Crippen LogP contribution in [0.1, 0.15) is 56.1 Å². The summed E-state index contributed by atoms with van der Waals surface area (Å²) in [5.41, 5.74) is 6.77. The molecule has 4 aromatic rings. The van der Waals surface area contributed by atoms with Crippen LogP contribution in [0.25, 0.3) is 22.3 Å². The van der Waals surface area contributed by atoms with E-state index in [9.17, 15) is 10.2 Å². The molecule has 1 aliphatic rings. The largest absolute Gasteiger partial charge is 0.491 e. The number of hydrogen-bond acceptors (Lipinski definition) is 4. The van der Waals surface area contributed by atoms with E-state index in [1.54, 1.807) is 0 Å². The minimum Gasteiger partial charge on any atom is -0.491 e. The maximum atomic E-state index is 9.44. The molecule has 0 aromatic heterocycles. The molecule has 4 aromatic carbocycles. The summed E-state index contributed by atoms with van der Waals surface area (Å²) in [5.74, 6) is 1.59. The molecule has 0 spiro atoms. The molecule has 1 fully saturated rings. The predicted octanol–water partition coefficient (Wildman–Crippen LogP) is 7.79. The number of benzene rings is 4. The van der Waals surface area contributed by atoms with Crippen LogP contribution in [-0.4, -0.2) is 36.6 Å². The SMILES string of the molecule is OCCOc1ccc(C2(c3ccc(OCCO)c(-c4ccccc4)c3)CCCCCCC2)cc1-c1ccccc1. The first-order chi connectivity index (χ1) is 19.7. The lowest BCUT2D eigenvalue weighted by molar-refractivity contribution is 0.201. The molecule has 4 nitrogen and oxygen atoms in total. The number of aliphatic hydroxyl groups is 2. The third-order valence-electron chi connectivity index (χ3n) is 8.14. The molecule has 40 heavy (non-hydrogen) atoms. The van der Waals surface area contributed by atoms with Gasteiger partial charge >= 0.3 is 0 Å². The van der Waals surface area contributed by atoms with Gasteiger partial charge in [0, 0.05) is 16.5 Å². The highest BCUT2D eigenvalue weighted by Crippen LogP contribution is 2.47. The summed E-state index contributed by atoms with van der Waals surface area (Å²) in [6, 6.07) is 34.1. The van der Waals surface area contributed by atoms with Gasteiger partial charge in [0.05, 0.1) is 13.2 Å². The van der Waals surface area contributed by atoms with Gasteiger partial charge in [-0.1, -0.05) is 105 Å². The molecule has 0 saturated heterocycles. The summed E-state index contributed by atoms with van der Waals surface area (Å²) in [4.78, 5) is 0. The van der Waals surface area contributed by atoms with Gasteiger partial charge in [0.25, 0.3) is 0 Å². The summed E-state index contributed by atoms with van der Waals surface area (Å²) in [5, 5.41) is 18.9. The molecule has 5 rings (SSSR count). The third kappa shape index (κ3) is 6.24. The van der Waals surface area contributed by atoms with Crippen LogP contribution >= 0.6 is 0 Å². The fourth-order valence-corrected chi connectivity index (χ4v) is 6.16. The molecule has 0 bridgehead atoms. The Hall–Kier alpha value is -3.60. The maximum Gasteiger partial charge on any atom is 0.127 e. The van der Waals surface area contributed by atoms with E-state index in [-0.39, 0.29) is 31.8 Å². The van der Waals surface area contributed by atoms with Crippen molar-refractivity contribution in [2.45, 2.75) is 50.4 Å². The molecular weight excluding hydrogens is 496 g/mol. The minimum absolute atomic E-state index is 0.0210. The van der Waals surface area contributed by atoms with Crippen LogP contribution in [-0.2, 0) is 5.41 Å². The highest BCUT2D eigenvalue weighted by Gasteiger charge is 2.35. The Bertz CT molecular complexity index is 1250. The molecule has 0 radical (unpaired) electrons. The van der Waals surface area contributed by atoms with Crippen LogP contribution in [0.2, 0.25) is 0 Å². The molecule has 1 saturated carbocycles. The zero-order chi connectivity index (χ0) is 27.6. The van der Waals surface area contributed by atoms with E-state index < -0.39 is 0 Å². The lowest BCUT2D eigenvalue weighted by Gasteiger charge is -2.38. The molecule has 2 N–H and O–H groups in total. The van der Waals surface area contributed by atoms with E-state index in [1.807, 2.05) is 12.1 Å². The van der Waals surface area contributed by atoms with Crippen LogP contribution in [0.5, 0.6) is 11.5 Å². The first-order valence-electron chi connectivity index (χ1n) is 14.6. The van der Waals surface area contributed by atoms with Gasteiger partial charge in [-0.15, -0.1) is 0 Å². The van der Waals surface area contributed by atoms with Gasteiger partial charge in [0.2, 0.25) is 0 Å². The van der Waals surface area contributed by atoms with Crippen LogP contribution < -0.4 is 9.47 Å². The molecular formula is C36H40O4. The Morgan fingerprint density at radius 1 is 0.525 bits per heavy atom. The normalized spacial score (nSPS) is 15.2. The third-order valence-corrected chi connectivity index (χ3v) is 8.14. The van der Waals surface area contributed by atoms with E-state index in [2.05, 4.69) is 84.9 Å². The summed E-state index contributed by atoms with van der Waals surface area (Å²) >= 11 is 0. The first-order valence-corrected chi connectivity index (χ1v) is 14.6. The van der Waals surface area contributed by atoms with Gasteiger partial charge in [0.15, 0.2) is 0 Å². The fourth-order valence-electron chi connectivity index (χ4n) is 6.16. The Morgan fingerprint density at radius 3 is 1.38 bits per heavy atom. The Morgan fingerprint density at radius 2 is 0.950 bits per heavy atom. The fraction of sp³-hybridized carbons (Fsp3) is 0.333. The number of rotatable bonds is 10. The average molecular weight is 537 g/mol. The van der Waals surface area contributed by atoms with Gasteiger partial charge in [0.1, 0.15) is 24.7 Å². The monoisotopic (exact) mass is 536 g/mol. The molecule has 0 amide bonds. The quantitative estimate of drug-likeness (QED) is 0.217. The van der Waals surface area contributed by atoms with Crippen molar-refractivity contribution in [2.75, 3.05) is 26.4 Å². The molecule has 208 valence electrons. The van der Waals surface area contributed by atoms with Crippen molar-refractivity contribution in [2.24, 2.45) is 0 Å². The van der Waals surface area contributed by atoms with E-state index in [4.69, 9.17) is 9.47 Å². The van der Waals surface area contributed by atoms with Crippen LogP contribution in [0.3, 0.4) is 0 Å². The van der Waals surface area contributed by atoms with Crippen LogP contribution in [0.15, 0.2) is 97.1 Å². The molecule has 0 heterocycles. The summed E-state index contributed by atoms with van der Waals surface area (Å²) in [6.45, 7) is 0.486. The second kappa shape index (κ2) is 13.6. The summed E-state index contributed by atoms with van der Waals surface area (Å²) in [6.07, 6.45) is 8.27. The van der Waals surface area contributed by atoms with Crippen molar-refractivity contribution in [3.8, 4) is 33.8 Å². The van der Waals surface area contributed by atoms with Crippen molar-refractivity contribution >= 4 is 0 Å². The summed E-state index contributed by atoms with van der Waals surface area (Å²) in [7, 11) is 0. The van der Waals surface area contributed by atoms with Gasteiger partial charge in [-0.25, -0.2) is 0 Å². The number of ether oxygens (including phenoxy) is 2.